The Morgan fingerprint density at radius 3 is 2.51 bits per heavy atom. The summed E-state index contributed by atoms with van der Waals surface area (Å²) in [6.07, 6.45) is 1.09. The Hall–Kier alpha value is -3.19. The van der Waals surface area contributed by atoms with Gasteiger partial charge in [-0.15, -0.1) is 0 Å². The highest BCUT2D eigenvalue weighted by atomic mass is 16.7. The van der Waals surface area contributed by atoms with Crippen molar-refractivity contribution in [3.8, 4) is 0 Å². The van der Waals surface area contributed by atoms with E-state index in [2.05, 4.69) is 77.8 Å². The summed E-state index contributed by atoms with van der Waals surface area (Å²) in [4.78, 5) is 16.0. The predicted octanol–water partition coefficient (Wildman–Crippen LogP) is 5.40. The molecule has 4 atom stereocenters. The number of rotatable bonds is 6. The maximum absolute atomic E-state index is 13.3. The normalized spacial score (nSPS) is 25.5. The fraction of sp³-hybridized carbons (Fsp3) is 0.387. The van der Waals surface area contributed by atoms with Crippen molar-refractivity contribution < 1.29 is 19.0 Å². The second-order valence-corrected chi connectivity index (χ2v) is 10.4. The number of carbonyl (C=O) groups is 1. The maximum Gasteiger partial charge on any atom is 0.336 e. The molecule has 3 aliphatic rings. The van der Waals surface area contributed by atoms with Crippen LogP contribution in [0.3, 0.4) is 0 Å². The lowest BCUT2D eigenvalue weighted by atomic mass is 9.64. The van der Waals surface area contributed by atoms with Crippen LogP contribution in [0.25, 0.3) is 10.8 Å². The van der Waals surface area contributed by atoms with Crippen molar-refractivity contribution in [1.29, 1.82) is 0 Å². The molecule has 37 heavy (non-hydrogen) atoms. The molecule has 1 aliphatic carbocycles. The number of hydrogen-bond acceptors (Lipinski definition) is 6. The molecule has 1 spiro atoms. The van der Waals surface area contributed by atoms with Gasteiger partial charge in [-0.05, 0) is 47.7 Å². The zero-order valence-corrected chi connectivity index (χ0v) is 21.9. The van der Waals surface area contributed by atoms with Gasteiger partial charge in [0.05, 0.1) is 18.1 Å². The summed E-state index contributed by atoms with van der Waals surface area (Å²) in [7, 11) is 4.72. The van der Waals surface area contributed by atoms with Crippen LogP contribution in [0.5, 0.6) is 0 Å². The van der Waals surface area contributed by atoms with Crippen LogP contribution in [0, 0.1) is 5.92 Å². The molecule has 0 bridgehead atoms. The molecule has 6 nitrogen and oxygen atoms in total. The highest BCUT2D eigenvalue weighted by Crippen LogP contribution is 2.60. The fourth-order valence-electron chi connectivity index (χ4n) is 7.36. The molecule has 1 saturated heterocycles. The summed E-state index contributed by atoms with van der Waals surface area (Å²) in [5.74, 6) is -0.588. The Morgan fingerprint density at radius 2 is 1.73 bits per heavy atom. The highest BCUT2D eigenvalue weighted by Gasteiger charge is 2.61. The molecule has 3 aromatic carbocycles. The standard InChI is InChI=1S/C31H34N2O4/c1-19(21-13-9-11-20-10-5-6-12-22(20)21)33-17-16-31-24-14-7-8-15-25(24)32-28(31)27(29(34)35-2)23(18-26(31)33)30(36-3)37-4/h5-15,19,23,26,30,32H,16-18H2,1-4H3/t19-,23?,26?,31?/m0/s1. The lowest BCUT2D eigenvalue weighted by molar-refractivity contribution is -0.150. The average Bonchev–Trinajstić information content (AvgIpc) is 3.49. The second kappa shape index (κ2) is 9.28. The van der Waals surface area contributed by atoms with Crippen LogP contribution >= 0.6 is 0 Å². The number of carbonyl (C=O) groups excluding carboxylic acids is 1. The number of likely N-dealkylation sites (tertiary alicyclic amines) is 1. The van der Waals surface area contributed by atoms with Gasteiger partial charge in [-0.2, -0.15) is 0 Å². The molecule has 6 rings (SSSR count). The first-order chi connectivity index (χ1) is 18.0. The van der Waals surface area contributed by atoms with Crippen molar-refractivity contribution in [3.63, 3.8) is 0 Å². The Kier molecular flexibility index (Phi) is 6.06. The first-order valence-corrected chi connectivity index (χ1v) is 13.0. The van der Waals surface area contributed by atoms with E-state index < -0.39 is 6.29 Å². The number of anilines is 1. The van der Waals surface area contributed by atoms with Gasteiger partial charge in [-0.3, -0.25) is 4.90 Å². The van der Waals surface area contributed by atoms with Gasteiger partial charge >= 0.3 is 5.97 Å². The van der Waals surface area contributed by atoms with Crippen LogP contribution < -0.4 is 5.32 Å². The topological polar surface area (TPSA) is 60.0 Å². The van der Waals surface area contributed by atoms with Crippen LogP contribution in [-0.2, 0) is 24.4 Å². The van der Waals surface area contributed by atoms with Crippen LogP contribution in [0.15, 0.2) is 78.0 Å². The lowest BCUT2D eigenvalue weighted by Crippen LogP contribution is -2.51. The third kappa shape index (κ3) is 3.46. The molecule has 3 aromatic rings. The van der Waals surface area contributed by atoms with Crippen molar-refractivity contribution >= 4 is 22.4 Å². The van der Waals surface area contributed by atoms with Crippen molar-refractivity contribution in [2.45, 2.75) is 43.6 Å². The van der Waals surface area contributed by atoms with E-state index in [0.717, 1.165) is 30.8 Å². The minimum absolute atomic E-state index is 0.152. The van der Waals surface area contributed by atoms with E-state index >= 15 is 0 Å². The third-order valence-corrected chi connectivity index (χ3v) is 8.93. The van der Waals surface area contributed by atoms with Gasteiger partial charge in [0.1, 0.15) is 0 Å². The van der Waals surface area contributed by atoms with E-state index in [0.29, 0.717) is 5.57 Å². The minimum atomic E-state index is -0.555. The van der Waals surface area contributed by atoms with E-state index in [1.54, 1.807) is 14.2 Å². The number of nitrogens with zero attached hydrogens (tertiary/aromatic N) is 1. The van der Waals surface area contributed by atoms with E-state index in [-0.39, 0.29) is 29.4 Å². The number of para-hydroxylation sites is 1. The van der Waals surface area contributed by atoms with E-state index in [9.17, 15) is 4.79 Å². The molecule has 1 fully saturated rings. The van der Waals surface area contributed by atoms with Crippen molar-refractivity contribution in [2.75, 3.05) is 33.2 Å². The van der Waals surface area contributed by atoms with Crippen LogP contribution in [0.4, 0.5) is 5.69 Å². The van der Waals surface area contributed by atoms with Gasteiger partial charge in [0, 0.05) is 50.2 Å². The van der Waals surface area contributed by atoms with Gasteiger partial charge in [0.2, 0.25) is 0 Å². The van der Waals surface area contributed by atoms with E-state index in [1.165, 1.54) is 29.0 Å². The monoisotopic (exact) mass is 498 g/mol. The molecule has 6 heteroatoms. The summed E-state index contributed by atoms with van der Waals surface area (Å²) in [5, 5.41) is 6.20. The number of hydrogen-bond donors (Lipinski definition) is 1. The van der Waals surface area contributed by atoms with Crippen molar-refractivity contribution in [1.82, 2.24) is 4.90 Å². The number of methoxy groups -OCH3 is 3. The Bertz CT molecular complexity index is 1380. The molecule has 192 valence electrons. The number of ether oxygens (including phenoxy) is 3. The smallest absolute Gasteiger partial charge is 0.336 e. The molecule has 0 aromatic heterocycles. The summed E-state index contributed by atoms with van der Waals surface area (Å²) < 4.78 is 16.9. The first kappa shape index (κ1) is 24.2. The molecule has 0 saturated carbocycles. The van der Waals surface area contributed by atoms with Gasteiger partial charge in [0.15, 0.2) is 6.29 Å². The third-order valence-electron chi connectivity index (χ3n) is 8.93. The summed E-state index contributed by atoms with van der Waals surface area (Å²) >= 11 is 0. The lowest BCUT2D eigenvalue weighted by Gasteiger charge is -2.46. The Balaban J connectivity index is 1.53. The fourth-order valence-corrected chi connectivity index (χ4v) is 7.36. The molecule has 0 amide bonds. The number of benzene rings is 3. The predicted molar refractivity (Wildman–Crippen MR) is 144 cm³/mol. The molecule has 1 N–H and O–H groups in total. The minimum Gasteiger partial charge on any atom is -0.466 e. The molecular formula is C31H34N2O4. The maximum atomic E-state index is 13.3. The zero-order valence-electron chi connectivity index (χ0n) is 21.9. The average molecular weight is 499 g/mol. The zero-order chi connectivity index (χ0) is 25.7. The Labute approximate surface area is 218 Å². The van der Waals surface area contributed by atoms with Gasteiger partial charge in [-0.25, -0.2) is 4.79 Å². The van der Waals surface area contributed by atoms with Crippen LogP contribution in [0.1, 0.15) is 36.9 Å². The SMILES string of the molecule is COC(=O)C1=C2Nc3ccccc3C23CCN([C@@H](C)c2cccc4ccccc24)C3CC1C(OC)OC. The second-order valence-electron chi connectivity index (χ2n) is 10.4. The van der Waals surface area contributed by atoms with E-state index in [4.69, 9.17) is 14.2 Å². The number of esters is 1. The molecule has 2 heterocycles. The number of fused-ring (bicyclic) bond motifs is 2. The molecule has 2 aliphatic heterocycles. The molecule has 0 radical (unpaired) electrons. The number of nitrogens with one attached hydrogen (secondary N) is 1. The van der Waals surface area contributed by atoms with Crippen molar-refractivity contribution in [2.24, 2.45) is 5.92 Å². The van der Waals surface area contributed by atoms with Crippen molar-refractivity contribution in [3.05, 3.63) is 89.1 Å². The molecule has 3 unspecified atom stereocenters. The summed E-state index contributed by atoms with van der Waals surface area (Å²) in [6.45, 7) is 3.23. The Morgan fingerprint density at radius 1 is 1.00 bits per heavy atom. The molecular weight excluding hydrogens is 464 g/mol. The highest BCUT2D eigenvalue weighted by molar-refractivity contribution is 5.93. The van der Waals surface area contributed by atoms with Crippen LogP contribution in [-0.4, -0.2) is 51.1 Å². The summed E-state index contributed by atoms with van der Waals surface area (Å²) in [6, 6.07) is 24.0. The van der Waals surface area contributed by atoms with Gasteiger partial charge in [0.25, 0.3) is 0 Å². The van der Waals surface area contributed by atoms with Gasteiger partial charge < -0.3 is 19.5 Å². The first-order valence-electron chi connectivity index (χ1n) is 13.0. The van der Waals surface area contributed by atoms with Gasteiger partial charge in [-0.1, -0.05) is 60.7 Å². The quantitative estimate of drug-likeness (QED) is 0.363. The van der Waals surface area contributed by atoms with Crippen LogP contribution in [0.2, 0.25) is 0 Å². The largest absolute Gasteiger partial charge is 0.466 e. The summed E-state index contributed by atoms with van der Waals surface area (Å²) in [5.41, 5.74) is 4.92. The van der Waals surface area contributed by atoms with E-state index in [1.807, 2.05) is 6.07 Å².